The van der Waals surface area contributed by atoms with Crippen LogP contribution in [0.1, 0.15) is 18.9 Å². The Hall–Kier alpha value is -1.58. The van der Waals surface area contributed by atoms with Crippen molar-refractivity contribution in [2.45, 2.75) is 19.4 Å². The Morgan fingerprint density at radius 3 is 3.00 bits per heavy atom. The molecule has 0 aliphatic heterocycles. The van der Waals surface area contributed by atoms with Gasteiger partial charge in [0.25, 0.3) is 0 Å². The van der Waals surface area contributed by atoms with E-state index in [-0.39, 0.29) is 13.0 Å². The third-order valence-corrected chi connectivity index (χ3v) is 2.83. The van der Waals surface area contributed by atoms with E-state index in [1.54, 1.807) is 25.1 Å². The number of carbonyl (C=O) groups excluding carboxylic acids is 1. The quantitative estimate of drug-likeness (QED) is 0.782. The van der Waals surface area contributed by atoms with Crippen molar-refractivity contribution in [1.82, 2.24) is 0 Å². The smallest absolute Gasteiger partial charge is 0.308 e. The van der Waals surface area contributed by atoms with Crippen molar-refractivity contribution in [2.75, 3.05) is 18.5 Å². The van der Waals surface area contributed by atoms with E-state index >= 15 is 0 Å². The number of ether oxygens (including phenoxy) is 1. The van der Waals surface area contributed by atoms with Crippen LogP contribution in [0.3, 0.4) is 0 Å². The van der Waals surface area contributed by atoms with Gasteiger partial charge in [-0.15, -0.1) is 0 Å². The van der Waals surface area contributed by atoms with Crippen molar-refractivity contribution in [2.24, 2.45) is 0 Å². The number of esters is 1. The van der Waals surface area contributed by atoms with E-state index in [4.69, 9.17) is 10.00 Å². The monoisotopic (exact) mass is 326 g/mol. The summed E-state index contributed by atoms with van der Waals surface area (Å²) in [6.07, 6.45) is -0.923. The van der Waals surface area contributed by atoms with E-state index in [1.165, 1.54) is 0 Å². The van der Waals surface area contributed by atoms with Gasteiger partial charge in [0.05, 0.1) is 30.4 Å². The van der Waals surface area contributed by atoms with Gasteiger partial charge in [0.2, 0.25) is 0 Å². The first kappa shape index (κ1) is 15.5. The number of halogens is 1. The second-order valence-corrected chi connectivity index (χ2v) is 4.76. The molecule has 0 aliphatic carbocycles. The Bertz CT molecular complexity index is 485. The maximum absolute atomic E-state index is 11.2. The van der Waals surface area contributed by atoms with Gasteiger partial charge in [-0.1, -0.05) is 15.9 Å². The molecule has 102 valence electrons. The zero-order valence-electron chi connectivity index (χ0n) is 10.5. The normalized spacial score (nSPS) is 11.5. The average molecular weight is 327 g/mol. The highest BCUT2D eigenvalue weighted by Crippen LogP contribution is 2.20. The molecule has 0 bridgehead atoms. The highest BCUT2D eigenvalue weighted by molar-refractivity contribution is 9.10. The van der Waals surface area contributed by atoms with Crippen molar-refractivity contribution in [3.63, 3.8) is 0 Å². The molecule has 1 aromatic rings. The van der Waals surface area contributed by atoms with Crippen molar-refractivity contribution >= 4 is 27.6 Å². The number of carbonyl (C=O) groups is 1. The molecule has 0 aromatic heterocycles. The molecule has 1 rings (SSSR count). The van der Waals surface area contributed by atoms with Crippen LogP contribution in [0.5, 0.6) is 0 Å². The number of anilines is 1. The third kappa shape index (κ3) is 5.28. The predicted molar refractivity (Wildman–Crippen MR) is 74.6 cm³/mol. The SMILES string of the molecule is CCOC(=O)CC(O)CNc1ccc(Br)cc1C#N. The number of nitriles is 1. The Labute approximate surface area is 120 Å². The maximum Gasteiger partial charge on any atom is 0.308 e. The molecule has 0 heterocycles. The topological polar surface area (TPSA) is 82.3 Å². The second-order valence-electron chi connectivity index (χ2n) is 3.85. The molecule has 0 spiro atoms. The van der Waals surface area contributed by atoms with Gasteiger partial charge >= 0.3 is 5.97 Å². The van der Waals surface area contributed by atoms with E-state index in [0.717, 1.165) is 4.47 Å². The maximum atomic E-state index is 11.2. The van der Waals surface area contributed by atoms with Crippen LogP contribution in [0.25, 0.3) is 0 Å². The molecule has 0 amide bonds. The molecule has 1 unspecified atom stereocenters. The van der Waals surface area contributed by atoms with Crippen LogP contribution >= 0.6 is 15.9 Å². The fourth-order valence-electron chi connectivity index (χ4n) is 1.48. The number of hydrogen-bond acceptors (Lipinski definition) is 5. The molecule has 0 fully saturated rings. The van der Waals surface area contributed by atoms with Gasteiger partial charge in [0, 0.05) is 11.0 Å². The number of nitrogens with one attached hydrogen (secondary N) is 1. The number of benzene rings is 1. The van der Waals surface area contributed by atoms with Gasteiger partial charge in [-0.05, 0) is 25.1 Å². The number of aliphatic hydroxyl groups is 1. The fraction of sp³-hybridized carbons (Fsp3) is 0.385. The molecular weight excluding hydrogens is 312 g/mol. The van der Waals surface area contributed by atoms with Gasteiger partial charge in [-0.2, -0.15) is 5.26 Å². The van der Waals surface area contributed by atoms with Crippen LogP contribution < -0.4 is 5.32 Å². The first-order valence-corrected chi connectivity index (χ1v) is 6.63. The third-order valence-electron chi connectivity index (χ3n) is 2.34. The summed E-state index contributed by atoms with van der Waals surface area (Å²) in [5.41, 5.74) is 1.09. The van der Waals surface area contributed by atoms with Gasteiger partial charge in [-0.3, -0.25) is 4.79 Å². The average Bonchev–Trinajstić information content (AvgIpc) is 2.37. The minimum Gasteiger partial charge on any atom is -0.466 e. The van der Waals surface area contributed by atoms with Gasteiger partial charge < -0.3 is 15.2 Å². The lowest BCUT2D eigenvalue weighted by atomic mass is 10.2. The largest absolute Gasteiger partial charge is 0.466 e. The Balaban J connectivity index is 2.53. The minimum atomic E-state index is -0.853. The number of aliphatic hydroxyl groups excluding tert-OH is 1. The minimum absolute atomic E-state index is 0.0702. The summed E-state index contributed by atoms with van der Waals surface area (Å²) in [5, 5.41) is 21.6. The van der Waals surface area contributed by atoms with Crippen molar-refractivity contribution < 1.29 is 14.6 Å². The lowest BCUT2D eigenvalue weighted by Crippen LogP contribution is -2.24. The summed E-state index contributed by atoms with van der Waals surface area (Å²) in [6, 6.07) is 7.26. The molecule has 19 heavy (non-hydrogen) atoms. The van der Waals surface area contributed by atoms with E-state index in [9.17, 15) is 9.90 Å². The zero-order chi connectivity index (χ0) is 14.3. The summed E-state index contributed by atoms with van der Waals surface area (Å²) in [5.74, 6) is -0.437. The second kappa shape index (κ2) is 7.77. The first-order chi connectivity index (χ1) is 9.06. The standard InChI is InChI=1S/C13H15BrN2O3/c1-2-19-13(18)6-11(17)8-16-12-4-3-10(14)5-9(12)7-15/h3-5,11,16-17H,2,6,8H2,1H3. The molecule has 0 saturated carbocycles. The van der Waals surface area contributed by atoms with Gasteiger partial charge in [0.15, 0.2) is 0 Å². The molecule has 1 aromatic carbocycles. The van der Waals surface area contributed by atoms with Crippen LogP contribution in [0.15, 0.2) is 22.7 Å². The van der Waals surface area contributed by atoms with Crippen LogP contribution in [0, 0.1) is 11.3 Å². The molecule has 1 atom stereocenters. The first-order valence-electron chi connectivity index (χ1n) is 5.84. The predicted octanol–water partition coefficient (Wildman–Crippen LogP) is 2.05. The van der Waals surface area contributed by atoms with Crippen molar-refractivity contribution in [3.05, 3.63) is 28.2 Å². The van der Waals surface area contributed by atoms with E-state index in [2.05, 4.69) is 27.3 Å². The molecule has 6 heteroatoms. The highest BCUT2D eigenvalue weighted by Gasteiger charge is 2.12. The summed E-state index contributed by atoms with van der Waals surface area (Å²) in [6.45, 7) is 2.18. The van der Waals surface area contributed by atoms with Crippen molar-refractivity contribution in [1.29, 1.82) is 5.26 Å². The van der Waals surface area contributed by atoms with E-state index in [0.29, 0.717) is 17.9 Å². The number of rotatable bonds is 6. The summed E-state index contributed by atoms with van der Waals surface area (Å²) >= 11 is 3.28. The van der Waals surface area contributed by atoms with Gasteiger partial charge in [-0.25, -0.2) is 0 Å². The van der Waals surface area contributed by atoms with Gasteiger partial charge in [0.1, 0.15) is 6.07 Å². The molecule has 0 radical (unpaired) electrons. The number of nitrogens with zero attached hydrogens (tertiary/aromatic N) is 1. The zero-order valence-corrected chi connectivity index (χ0v) is 12.1. The molecule has 2 N–H and O–H groups in total. The van der Waals surface area contributed by atoms with E-state index < -0.39 is 12.1 Å². The summed E-state index contributed by atoms with van der Waals surface area (Å²) < 4.78 is 5.55. The number of hydrogen-bond donors (Lipinski definition) is 2. The van der Waals surface area contributed by atoms with E-state index in [1.807, 2.05) is 0 Å². The summed E-state index contributed by atoms with van der Waals surface area (Å²) in [4.78, 5) is 11.2. The lowest BCUT2D eigenvalue weighted by molar-refractivity contribution is -0.145. The highest BCUT2D eigenvalue weighted by atomic mass is 79.9. The molecular formula is C13H15BrN2O3. The lowest BCUT2D eigenvalue weighted by Gasteiger charge is -2.13. The Morgan fingerprint density at radius 2 is 2.37 bits per heavy atom. The summed E-state index contributed by atoms with van der Waals surface area (Å²) in [7, 11) is 0. The molecule has 0 aliphatic rings. The molecule has 0 saturated heterocycles. The van der Waals surface area contributed by atoms with Crippen LogP contribution in [-0.4, -0.2) is 30.3 Å². The van der Waals surface area contributed by atoms with Crippen LogP contribution in [-0.2, 0) is 9.53 Å². The Morgan fingerprint density at radius 1 is 1.63 bits per heavy atom. The fourth-order valence-corrected chi connectivity index (χ4v) is 1.84. The Kier molecular flexibility index (Phi) is 6.33. The van der Waals surface area contributed by atoms with Crippen LogP contribution in [0.4, 0.5) is 5.69 Å². The molecule has 5 nitrogen and oxygen atoms in total. The van der Waals surface area contributed by atoms with Crippen molar-refractivity contribution in [3.8, 4) is 6.07 Å². The van der Waals surface area contributed by atoms with Crippen LogP contribution in [0.2, 0.25) is 0 Å².